The summed E-state index contributed by atoms with van der Waals surface area (Å²) in [5.74, 6) is -1.57. The van der Waals surface area contributed by atoms with Gasteiger partial charge >= 0.3 is 5.97 Å². The van der Waals surface area contributed by atoms with E-state index in [9.17, 15) is 14.7 Å². The number of nitrogens with one attached hydrogen (secondary N) is 1. The van der Waals surface area contributed by atoms with Gasteiger partial charge < -0.3 is 15.2 Å². The van der Waals surface area contributed by atoms with Crippen LogP contribution in [-0.4, -0.2) is 47.6 Å². The predicted molar refractivity (Wildman–Crippen MR) is 165 cm³/mol. The van der Waals surface area contributed by atoms with E-state index in [-0.39, 0.29) is 23.4 Å². The van der Waals surface area contributed by atoms with Crippen molar-refractivity contribution in [2.24, 2.45) is 11.8 Å². The van der Waals surface area contributed by atoms with Crippen LogP contribution in [0.1, 0.15) is 77.5 Å². The number of carboxylic acids is 1. The second-order valence-corrected chi connectivity index (χ2v) is 13.0. The summed E-state index contributed by atoms with van der Waals surface area (Å²) in [7, 11) is 0. The third-order valence-electron chi connectivity index (χ3n) is 8.81. The van der Waals surface area contributed by atoms with Gasteiger partial charge in [0.1, 0.15) is 17.6 Å². The molecule has 2 N–H and O–H groups in total. The maximum atomic E-state index is 15.2. The fourth-order valence-corrected chi connectivity index (χ4v) is 6.72. The quantitative estimate of drug-likeness (QED) is 0.231. The van der Waals surface area contributed by atoms with Crippen LogP contribution in [0.25, 0.3) is 0 Å². The highest BCUT2D eigenvalue weighted by Crippen LogP contribution is 2.45. The van der Waals surface area contributed by atoms with Crippen LogP contribution >= 0.6 is 23.2 Å². The highest BCUT2D eigenvalue weighted by atomic mass is 35.5. The molecule has 6 nitrogen and oxygen atoms in total. The first kappa shape index (κ1) is 29.9. The van der Waals surface area contributed by atoms with Gasteiger partial charge in [0.25, 0.3) is 5.91 Å². The van der Waals surface area contributed by atoms with E-state index in [1.165, 1.54) is 11.6 Å². The molecule has 2 saturated carbocycles. The first-order valence-corrected chi connectivity index (χ1v) is 15.8. The second kappa shape index (κ2) is 12.8. The van der Waals surface area contributed by atoms with E-state index in [2.05, 4.69) is 22.3 Å². The Labute approximate surface area is 261 Å². The van der Waals surface area contributed by atoms with Crippen LogP contribution in [-0.2, 0) is 4.79 Å². The Morgan fingerprint density at radius 2 is 1.60 bits per heavy atom. The lowest BCUT2D eigenvalue weighted by atomic mass is 9.91. The van der Waals surface area contributed by atoms with Gasteiger partial charge in [0.2, 0.25) is 0 Å². The van der Waals surface area contributed by atoms with Crippen molar-refractivity contribution < 1.29 is 23.8 Å². The second-order valence-electron chi connectivity index (χ2n) is 12.1. The molecule has 1 amide bonds. The van der Waals surface area contributed by atoms with E-state index in [0.717, 1.165) is 62.7 Å². The molecule has 3 aromatic carbocycles. The van der Waals surface area contributed by atoms with Crippen molar-refractivity contribution in [1.29, 1.82) is 0 Å². The summed E-state index contributed by atoms with van der Waals surface area (Å²) < 4.78 is 21.4. The number of carboxylic acid groups (broad SMARTS) is 1. The Kier molecular flexibility index (Phi) is 8.94. The third kappa shape index (κ3) is 7.17. The lowest BCUT2D eigenvalue weighted by molar-refractivity contribution is -0.139. The van der Waals surface area contributed by atoms with Crippen LogP contribution in [0.15, 0.2) is 60.7 Å². The predicted octanol–water partition coefficient (Wildman–Crippen LogP) is 7.48. The van der Waals surface area contributed by atoms with Gasteiger partial charge in [0.15, 0.2) is 0 Å². The Morgan fingerprint density at radius 1 is 0.930 bits per heavy atom. The monoisotopic (exact) mass is 624 g/mol. The lowest BCUT2D eigenvalue weighted by Crippen LogP contribution is -2.42. The van der Waals surface area contributed by atoms with Crippen LogP contribution < -0.4 is 10.1 Å². The number of carbonyl (C=O) groups excluding carboxylic acids is 1. The molecule has 3 fully saturated rings. The number of benzene rings is 3. The standard InChI is InChI=1S/C34H35Cl2FN2O4/c35-25-14-24(15-26(36)16-25)32(23-4-2-1-3-5-23)39-12-10-20(11-13-39)19-43-30-18-29(37)28(17-27(30)21-6-7-21)33(40)38-31(34(41)42)22-8-9-22/h1-5,14-18,20-22,31-32H,6-13,19H2,(H,38,40)(H,41,42)/t31-,32+/m0/s1. The molecule has 9 heteroatoms. The zero-order valence-electron chi connectivity index (χ0n) is 23.8. The lowest BCUT2D eigenvalue weighted by Gasteiger charge is -2.38. The number of rotatable bonds is 11. The Hall–Kier alpha value is -3.13. The molecule has 0 unspecified atom stereocenters. The molecule has 2 atom stereocenters. The molecule has 6 rings (SSSR count). The van der Waals surface area contributed by atoms with Crippen LogP contribution in [0, 0.1) is 17.7 Å². The summed E-state index contributed by atoms with van der Waals surface area (Å²) in [5.41, 5.74) is 2.93. The normalized spacial score (nSPS) is 19.0. The number of aliphatic carboxylic acids is 1. The molecular weight excluding hydrogens is 590 g/mol. The average molecular weight is 626 g/mol. The van der Waals surface area contributed by atoms with Crippen molar-refractivity contribution in [3.05, 3.63) is 98.8 Å². The molecule has 43 heavy (non-hydrogen) atoms. The number of hydrogen-bond donors (Lipinski definition) is 2. The first-order valence-electron chi connectivity index (χ1n) is 15.0. The molecule has 2 aliphatic carbocycles. The molecule has 1 saturated heterocycles. The number of nitrogens with zero attached hydrogens (tertiary/aromatic N) is 1. The molecule has 0 bridgehead atoms. The molecule has 0 spiro atoms. The van der Waals surface area contributed by atoms with Crippen LogP contribution in [0.3, 0.4) is 0 Å². The van der Waals surface area contributed by atoms with Gasteiger partial charge in [-0.2, -0.15) is 0 Å². The summed E-state index contributed by atoms with van der Waals surface area (Å²) in [6.45, 7) is 2.17. The van der Waals surface area contributed by atoms with Crippen molar-refractivity contribution in [1.82, 2.24) is 10.2 Å². The number of likely N-dealkylation sites (tertiary alicyclic amines) is 1. The molecule has 0 radical (unpaired) electrons. The molecule has 1 aliphatic heterocycles. The summed E-state index contributed by atoms with van der Waals surface area (Å²) in [5, 5.41) is 13.2. The van der Waals surface area contributed by atoms with E-state index in [1.54, 1.807) is 12.1 Å². The zero-order valence-corrected chi connectivity index (χ0v) is 25.3. The van der Waals surface area contributed by atoms with Gasteiger partial charge in [-0.1, -0.05) is 53.5 Å². The topological polar surface area (TPSA) is 78.9 Å². The van der Waals surface area contributed by atoms with Crippen molar-refractivity contribution in [3.63, 3.8) is 0 Å². The van der Waals surface area contributed by atoms with E-state index in [1.807, 2.05) is 30.3 Å². The van der Waals surface area contributed by atoms with Crippen molar-refractivity contribution in [2.45, 2.75) is 56.5 Å². The van der Waals surface area contributed by atoms with Crippen LogP contribution in [0.4, 0.5) is 4.39 Å². The maximum absolute atomic E-state index is 15.2. The minimum atomic E-state index is -1.09. The number of amides is 1. The number of halogens is 3. The fourth-order valence-electron chi connectivity index (χ4n) is 6.18. The number of piperidine rings is 1. The molecule has 0 aromatic heterocycles. The molecule has 226 valence electrons. The van der Waals surface area contributed by atoms with Crippen LogP contribution in [0.2, 0.25) is 10.0 Å². The van der Waals surface area contributed by atoms with Crippen molar-refractivity contribution >= 4 is 35.1 Å². The van der Waals surface area contributed by atoms with Gasteiger partial charge in [-0.05, 0) is 110 Å². The van der Waals surface area contributed by atoms with E-state index >= 15 is 4.39 Å². The smallest absolute Gasteiger partial charge is 0.326 e. The first-order chi connectivity index (χ1) is 20.8. The Bertz CT molecular complexity index is 1470. The van der Waals surface area contributed by atoms with Gasteiger partial charge in [-0.3, -0.25) is 9.69 Å². The summed E-state index contributed by atoms with van der Waals surface area (Å²) in [4.78, 5) is 26.9. The third-order valence-corrected chi connectivity index (χ3v) is 9.25. The van der Waals surface area contributed by atoms with E-state index < -0.39 is 23.7 Å². The maximum Gasteiger partial charge on any atom is 0.326 e. The number of carbonyl (C=O) groups is 2. The summed E-state index contributed by atoms with van der Waals surface area (Å²) in [6.07, 6.45) is 5.24. The summed E-state index contributed by atoms with van der Waals surface area (Å²) in [6, 6.07) is 17.9. The van der Waals surface area contributed by atoms with E-state index in [4.69, 9.17) is 27.9 Å². The minimum absolute atomic E-state index is 0.0224. The number of ether oxygens (including phenoxy) is 1. The van der Waals surface area contributed by atoms with Crippen LogP contribution in [0.5, 0.6) is 5.75 Å². The molecule has 1 heterocycles. The van der Waals surface area contributed by atoms with E-state index in [0.29, 0.717) is 28.3 Å². The molecule has 3 aromatic rings. The largest absolute Gasteiger partial charge is 0.493 e. The van der Waals surface area contributed by atoms with Gasteiger partial charge in [0, 0.05) is 16.1 Å². The molecular formula is C34H35Cl2FN2O4. The fraction of sp³-hybridized carbons (Fsp3) is 0.412. The Balaban J connectivity index is 1.12. The number of hydrogen-bond acceptors (Lipinski definition) is 4. The Morgan fingerprint density at radius 3 is 2.21 bits per heavy atom. The van der Waals surface area contributed by atoms with Gasteiger partial charge in [-0.15, -0.1) is 0 Å². The zero-order chi connectivity index (χ0) is 30.1. The van der Waals surface area contributed by atoms with Crippen molar-refractivity contribution in [2.75, 3.05) is 19.7 Å². The minimum Gasteiger partial charge on any atom is -0.493 e. The van der Waals surface area contributed by atoms with Gasteiger partial charge in [-0.25, -0.2) is 9.18 Å². The average Bonchev–Trinajstić information content (AvgIpc) is 3.90. The SMILES string of the molecule is O=C(N[C@H](C(=O)O)C1CC1)c1cc(C2CC2)c(OCC2CCN([C@H](c3ccccc3)c3cc(Cl)cc(Cl)c3)CC2)cc1F. The molecule has 3 aliphatic rings. The van der Waals surface area contributed by atoms with Gasteiger partial charge in [0.05, 0.1) is 18.2 Å². The van der Waals surface area contributed by atoms with Crippen molar-refractivity contribution in [3.8, 4) is 5.75 Å². The summed E-state index contributed by atoms with van der Waals surface area (Å²) >= 11 is 12.8. The highest BCUT2D eigenvalue weighted by Gasteiger charge is 2.38. The highest BCUT2D eigenvalue weighted by molar-refractivity contribution is 6.34.